The van der Waals surface area contributed by atoms with Gasteiger partial charge in [0.05, 0.1) is 32.6 Å². The number of sulfonamides is 1. The molecule has 0 radical (unpaired) electrons. The summed E-state index contributed by atoms with van der Waals surface area (Å²) < 4.78 is 51.7. The molecule has 2 heterocycles. The lowest BCUT2D eigenvalue weighted by atomic mass is 10.1. The number of carbonyl (C=O) groups excluding carboxylic acids is 1. The summed E-state index contributed by atoms with van der Waals surface area (Å²) in [6.45, 7) is 1.54. The molecule has 1 saturated heterocycles. The number of hydrogen-bond acceptors (Lipinski definition) is 6. The molecule has 1 amide bonds. The summed E-state index contributed by atoms with van der Waals surface area (Å²) in [7, 11) is -2.37. The van der Waals surface area contributed by atoms with Gasteiger partial charge >= 0.3 is 0 Å². The van der Waals surface area contributed by atoms with Crippen LogP contribution in [0.25, 0.3) is 0 Å². The number of benzene rings is 2. The number of amides is 1. The van der Waals surface area contributed by atoms with Gasteiger partial charge in [-0.25, -0.2) is 17.8 Å². The van der Waals surface area contributed by atoms with E-state index in [1.165, 1.54) is 40.7 Å². The summed E-state index contributed by atoms with van der Waals surface area (Å²) in [5, 5.41) is 5.63. The zero-order valence-electron chi connectivity index (χ0n) is 17.0. The van der Waals surface area contributed by atoms with Crippen molar-refractivity contribution >= 4 is 21.6 Å². The Morgan fingerprint density at radius 2 is 1.90 bits per heavy atom. The normalized spacial score (nSPS) is 17.5. The highest BCUT2D eigenvalue weighted by Gasteiger charge is 2.31. The lowest BCUT2D eigenvalue weighted by Crippen LogP contribution is -2.40. The summed E-state index contributed by atoms with van der Waals surface area (Å²) in [6.07, 6.45) is 0.449. The van der Waals surface area contributed by atoms with Crippen LogP contribution in [0.4, 0.5) is 4.39 Å². The number of carbonyl (C=O) groups is 1. The Kier molecular flexibility index (Phi) is 6.03. The second kappa shape index (κ2) is 8.74. The van der Waals surface area contributed by atoms with Crippen LogP contribution in [0.1, 0.15) is 22.3 Å². The number of methoxy groups -OCH3 is 1. The quantitative estimate of drug-likeness (QED) is 0.701. The van der Waals surface area contributed by atoms with Gasteiger partial charge in [0.15, 0.2) is 0 Å². The van der Waals surface area contributed by atoms with Gasteiger partial charge in [0.2, 0.25) is 10.0 Å². The fourth-order valence-electron chi connectivity index (χ4n) is 3.56. The first-order valence-electron chi connectivity index (χ1n) is 9.81. The molecule has 0 atom stereocenters. The standard InChI is InChI=1S/C21H22FN3O5S/c1-29-19-6-5-15(14-20(19)31(27,28)24-9-11-30-12-10-24)18-7-8-25(23-18)21(26)16-3-2-4-17(22)13-16/h2-6,13-14H,7-12H2,1H3. The maximum atomic E-state index is 13.5. The van der Waals surface area contributed by atoms with Crippen LogP contribution in [-0.4, -0.2) is 69.3 Å². The molecule has 2 aromatic carbocycles. The van der Waals surface area contributed by atoms with Crippen molar-refractivity contribution < 1.29 is 27.1 Å². The van der Waals surface area contributed by atoms with Gasteiger partial charge < -0.3 is 9.47 Å². The molecule has 10 heteroatoms. The van der Waals surface area contributed by atoms with Gasteiger partial charge in [-0.3, -0.25) is 4.79 Å². The minimum absolute atomic E-state index is 0.0482. The van der Waals surface area contributed by atoms with E-state index >= 15 is 0 Å². The van der Waals surface area contributed by atoms with Crippen LogP contribution in [0.5, 0.6) is 5.75 Å². The van der Waals surface area contributed by atoms with E-state index in [1.54, 1.807) is 12.1 Å². The van der Waals surface area contributed by atoms with E-state index in [-0.39, 0.29) is 29.3 Å². The molecule has 2 aliphatic heterocycles. The smallest absolute Gasteiger partial charge is 0.274 e. The number of ether oxygens (including phenoxy) is 2. The zero-order valence-corrected chi connectivity index (χ0v) is 17.8. The van der Waals surface area contributed by atoms with Crippen LogP contribution in [0.3, 0.4) is 0 Å². The summed E-state index contributed by atoms with van der Waals surface area (Å²) >= 11 is 0. The van der Waals surface area contributed by atoms with Crippen LogP contribution >= 0.6 is 0 Å². The first-order valence-corrected chi connectivity index (χ1v) is 11.3. The Morgan fingerprint density at radius 1 is 1.13 bits per heavy atom. The Labute approximate surface area is 179 Å². The predicted molar refractivity (Wildman–Crippen MR) is 111 cm³/mol. The number of halogens is 1. The Bertz CT molecular complexity index is 1130. The lowest BCUT2D eigenvalue weighted by Gasteiger charge is -2.26. The van der Waals surface area contributed by atoms with Gasteiger partial charge in [-0.2, -0.15) is 9.41 Å². The molecule has 0 saturated carbocycles. The van der Waals surface area contributed by atoms with Crippen molar-refractivity contribution in [2.45, 2.75) is 11.3 Å². The molecule has 2 aromatic rings. The number of hydrogen-bond donors (Lipinski definition) is 0. The third kappa shape index (κ3) is 4.32. The number of rotatable bonds is 5. The zero-order chi connectivity index (χ0) is 22.0. The maximum absolute atomic E-state index is 13.5. The fourth-order valence-corrected chi connectivity index (χ4v) is 5.15. The van der Waals surface area contributed by atoms with Gasteiger partial charge in [-0.05, 0) is 42.0 Å². The molecule has 31 heavy (non-hydrogen) atoms. The second-order valence-electron chi connectivity index (χ2n) is 7.12. The van der Waals surface area contributed by atoms with Gasteiger partial charge in [0.25, 0.3) is 5.91 Å². The molecule has 0 N–H and O–H groups in total. The average molecular weight is 447 g/mol. The molecular formula is C21H22FN3O5S. The van der Waals surface area contributed by atoms with Gasteiger partial charge in [0.1, 0.15) is 16.5 Å². The molecule has 8 nitrogen and oxygen atoms in total. The van der Waals surface area contributed by atoms with Crippen molar-refractivity contribution in [2.24, 2.45) is 5.10 Å². The third-order valence-corrected chi connectivity index (χ3v) is 7.11. The monoisotopic (exact) mass is 447 g/mol. The van der Waals surface area contributed by atoms with Crippen molar-refractivity contribution in [3.05, 3.63) is 59.4 Å². The number of nitrogens with zero attached hydrogens (tertiary/aromatic N) is 3. The molecule has 4 rings (SSSR count). The SMILES string of the molecule is COc1ccc(C2=NN(C(=O)c3cccc(F)c3)CC2)cc1S(=O)(=O)N1CCOCC1. The molecule has 0 spiro atoms. The van der Waals surface area contributed by atoms with Crippen molar-refractivity contribution in [3.63, 3.8) is 0 Å². The molecule has 0 bridgehead atoms. The van der Waals surface area contributed by atoms with Crippen molar-refractivity contribution in [2.75, 3.05) is 40.0 Å². The Balaban J connectivity index is 1.64. The Morgan fingerprint density at radius 3 is 2.61 bits per heavy atom. The topological polar surface area (TPSA) is 88.5 Å². The molecule has 0 aromatic heterocycles. The van der Waals surface area contributed by atoms with Gasteiger partial charge in [-0.15, -0.1) is 0 Å². The molecule has 0 unspecified atom stereocenters. The Hall–Kier alpha value is -2.82. The maximum Gasteiger partial charge on any atom is 0.274 e. The molecule has 0 aliphatic carbocycles. The highest BCUT2D eigenvalue weighted by molar-refractivity contribution is 7.89. The van der Waals surface area contributed by atoms with E-state index in [2.05, 4.69) is 5.10 Å². The second-order valence-corrected chi connectivity index (χ2v) is 9.02. The molecule has 164 valence electrons. The van der Waals surface area contributed by atoms with Crippen LogP contribution in [0, 0.1) is 5.82 Å². The molecule has 1 fully saturated rings. The highest BCUT2D eigenvalue weighted by atomic mass is 32.2. The highest BCUT2D eigenvalue weighted by Crippen LogP contribution is 2.30. The van der Waals surface area contributed by atoms with Crippen LogP contribution < -0.4 is 4.74 Å². The summed E-state index contributed by atoms with van der Waals surface area (Å²) in [4.78, 5) is 12.7. The predicted octanol–water partition coefficient (Wildman–Crippen LogP) is 2.11. The van der Waals surface area contributed by atoms with Gasteiger partial charge in [0, 0.05) is 25.1 Å². The lowest BCUT2D eigenvalue weighted by molar-refractivity contribution is 0.0729. The van der Waals surface area contributed by atoms with Crippen LogP contribution in [-0.2, 0) is 14.8 Å². The summed E-state index contributed by atoms with van der Waals surface area (Å²) in [5.74, 6) is -0.673. The summed E-state index contributed by atoms with van der Waals surface area (Å²) in [6, 6.07) is 10.3. The van der Waals surface area contributed by atoms with Crippen LogP contribution in [0.15, 0.2) is 52.5 Å². The van der Waals surface area contributed by atoms with E-state index in [9.17, 15) is 17.6 Å². The average Bonchev–Trinajstić information content (AvgIpc) is 3.29. The molecular weight excluding hydrogens is 425 g/mol. The number of hydrazone groups is 1. The van der Waals surface area contributed by atoms with E-state index in [4.69, 9.17) is 9.47 Å². The minimum Gasteiger partial charge on any atom is -0.495 e. The van der Waals surface area contributed by atoms with Gasteiger partial charge in [-0.1, -0.05) is 6.07 Å². The first-order chi connectivity index (χ1) is 14.9. The van der Waals surface area contributed by atoms with E-state index < -0.39 is 21.7 Å². The van der Waals surface area contributed by atoms with Crippen molar-refractivity contribution in [3.8, 4) is 5.75 Å². The van der Waals surface area contributed by atoms with E-state index in [0.717, 1.165) is 6.07 Å². The third-order valence-electron chi connectivity index (χ3n) is 5.19. The van der Waals surface area contributed by atoms with Crippen LogP contribution in [0.2, 0.25) is 0 Å². The van der Waals surface area contributed by atoms with Crippen molar-refractivity contribution in [1.82, 2.24) is 9.31 Å². The minimum atomic E-state index is -3.78. The fraction of sp³-hybridized carbons (Fsp3) is 0.333. The first kappa shape index (κ1) is 21.4. The van der Waals surface area contributed by atoms with E-state index in [0.29, 0.717) is 37.5 Å². The summed E-state index contributed by atoms with van der Waals surface area (Å²) in [5.41, 5.74) is 1.36. The largest absolute Gasteiger partial charge is 0.495 e. The van der Waals surface area contributed by atoms with Crippen molar-refractivity contribution in [1.29, 1.82) is 0 Å². The molecule has 2 aliphatic rings. The number of morpholine rings is 1. The van der Waals surface area contributed by atoms with E-state index in [1.807, 2.05) is 0 Å².